The first kappa shape index (κ1) is 29.0. The minimum absolute atomic E-state index is 0.0369. The van der Waals surface area contributed by atoms with Gasteiger partial charge in [-0.1, -0.05) is 17.3 Å². The average molecular weight is 591 g/mol. The van der Waals surface area contributed by atoms with Crippen LogP contribution in [0.15, 0.2) is 61.1 Å². The van der Waals surface area contributed by atoms with Gasteiger partial charge in [0.1, 0.15) is 5.69 Å². The number of aromatic nitrogens is 4. The van der Waals surface area contributed by atoms with Crippen molar-refractivity contribution in [1.29, 1.82) is 0 Å². The number of aryl methyl sites for hydroxylation is 1. The van der Waals surface area contributed by atoms with Gasteiger partial charge in [0.15, 0.2) is 5.78 Å². The molecule has 0 bridgehead atoms. The van der Waals surface area contributed by atoms with Gasteiger partial charge in [-0.25, -0.2) is 4.68 Å². The normalized spacial score (nSPS) is 16.1. The maximum absolute atomic E-state index is 13.7. The van der Waals surface area contributed by atoms with Gasteiger partial charge in [0.2, 0.25) is 0 Å². The van der Waals surface area contributed by atoms with Crippen molar-refractivity contribution in [2.45, 2.75) is 38.9 Å². The van der Waals surface area contributed by atoms with Crippen LogP contribution in [-0.4, -0.2) is 70.1 Å². The zero-order valence-electron chi connectivity index (χ0n) is 24.0. The zero-order valence-corrected chi connectivity index (χ0v) is 24.0. The van der Waals surface area contributed by atoms with Crippen LogP contribution in [0.3, 0.4) is 0 Å². The summed E-state index contributed by atoms with van der Waals surface area (Å²) in [4.78, 5) is 22.1. The Morgan fingerprint density at radius 3 is 2.51 bits per heavy atom. The van der Waals surface area contributed by atoms with Crippen molar-refractivity contribution in [2.75, 3.05) is 44.3 Å². The summed E-state index contributed by atoms with van der Waals surface area (Å²) in [5.41, 5.74) is 4.59. The Hall–Kier alpha value is -4.09. The third-order valence-electron chi connectivity index (χ3n) is 8.02. The molecule has 224 valence electrons. The van der Waals surface area contributed by atoms with Crippen molar-refractivity contribution >= 4 is 11.5 Å². The monoisotopic (exact) mass is 590 g/mol. The number of anilines is 1. The number of Topliss-reactive ketones (excluding diaryl/α,β-unsaturated/α-hetero) is 1. The molecule has 4 aromatic rings. The summed E-state index contributed by atoms with van der Waals surface area (Å²) in [5, 5.41) is 8.70. The van der Waals surface area contributed by atoms with Crippen LogP contribution in [0.1, 0.15) is 45.5 Å². The van der Waals surface area contributed by atoms with Crippen molar-refractivity contribution in [3.63, 3.8) is 0 Å². The van der Waals surface area contributed by atoms with Crippen molar-refractivity contribution in [1.82, 2.24) is 24.9 Å². The van der Waals surface area contributed by atoms with E-state index in [0.29, 0.717) is 36.6 Å². The molecule has 0 N–H and O–H groups in total. The van der Waals surface area contributed by atoms with Crippen LogP contribution in [-0.2, 0) is 23.9 Å². The molecule has 2 aliphatic heterocycles. The topological polar surface area (TPSA) is 76.4 Å². The molecule has 0 radical (unpaired) electrons. The Kier molecular flexibility index (Phi) is 8.27. The van der Waals surface area contributed by atoms with Crippen LogP contribution in [0.25, 0.3) is 16.9 Å². The predicted molar refractivity (Wildman–Crippen MR) is 156 cm³/mol. The van der Waals surface area contributed by atoms with E-state index in [-0.39, 0.29) is 17.8 Å². The van der Waals surface area contributed by atoms with E-state index in [2.05, 4.69) is 25.1 Å². The van der Waals surface area contributed by atoms with Crippen LogP contribution in [0, 0.1) is 6.92 Å². The average Bonchev–Trinajstić information content (AvgIpc) is 3.71. The number of benzene rings is 2. The highest BCUT2D eigenvalue weighted by Gasteiger charge is 2.32. The van der Waals surface area contributed by atoms with Gasteiger partial charge < -0.3 is 9.64 Å². The summed E-state index contributed by atoms with van der Waals surface area (Å²) in [6.07, 6.45) is 2.87. The number of alkyl halides is 3. The lowest BCUT2D eigenvalue weighted by Crippen LogP contribution is -2.36. The second-order valence-corrected chi connectivity index (χ2v) is 11.2. The van der Waals surface area contributed by atoms with E-state index < -0.39 is 11.7 Å². The number of pyridine rings is 1. The molecule has 2 saturated heterocycles. The Morgan fingerprint density at radius 2 is 1.74 bits per heavy atom. The van der Waals surface area contributed by atoms with Gasteiger partial charge in [-0.05, 0) is 79.9 Å². The van der Waals surface area contributed by atoms with Crippen LogP contribution in [0.4, 0.5) is 18.9 Å². The van der Waals surface area contributed by atoms with E-state index in [9.17, 15) is 18.0 Å². The molecule has 0 amide bonds. The molecule has 2 aliphatic rings. The second kappa shape index (κ2) is 12.3. The molecule has 11 heteroatoms. The number of likely N-dealkylation sites (tertiary alicyclic amines) is 1. The van der Waals surface area contributed by atoms with Gasteiger partial charge in [0.05, 0.1) is 42.5 Å². The third-order valence-corrected chi connectivity index (χ3v) is 8.02. The van der Waals surface area contributed by atoms with Crippen LogP contribution >= 0.6 is 0 Å². The molecule has 2 fully saturated rings. The van der Waals surface area contributed by atoms with E-state index in [1.165, 1.54) is 0 Å². The van der Waals surface area contributed by atoms with Crippen molar-refractivity contribution < 1.29 is 22.7 Å². The Balaban J connectivity index is 1.22. The first-order chi connectivity index (χ1) is 20.7. The molecule has 0 unspecified atom stereocenters. The number of morpholine rings is 1. The molecule has 2 aromatic carbocycles. The fourth-order valence-electron chi connectivity index (χ4n) is 5.68. The van der Waals surface area contributed by atoms with Crippen LogP contribution < -0.4 is 4.90 Å². The minimum Gasteiger partial charge on any atom is -0.378 e. The second-order valence-electron chi connectivity index (χ2n) is 11.2. The number of hydrogen-bond acceptors (Lipinski definition) is 7. The quantitative estimate of drug-likeness (QED) is 0.251. The number of ketones is 1. The van der Waals surface area contributed by atoms with Crippen LogP contribution in [0.5, 0.6) is 0 Å². The standard InChI is InChI=1S/C32H33F3N6O2/c1-22-4-5-23(15-31(42)25-12-24(20-39-6-2-3-7-39)13-27(16-25)32(33,34)35)14-30(22)41-21-29(37-38-41)26-17-28(19-36-18-26)40-8-10-43-11-9-40/h4-5,12-14,16-19,21H,2-3,6-11,15,20H2,1H3. The van der Waals surface area contributed by atoms with E-state index in [4.69, 9.17) is 4.74 Å². The largest absolute Gasteiger partial charge is 0.416 e. The van der Waals surface area contributed by atoms with E-state index in [0.717, 1.165) is 73.7 Å². The lowest BCUT2D eigenvalue weighted by molar-refractivity contribution is -0.137. The number of halogens is 3. The van der Waals surface area contributed by atoms with E-state index >= 15 is 0 Å². The molecular weight excluding hydrogens is 557 g/mol. The molecule has 0 atom stereocenters. The summed E-state index contributed by atoms with van der Waals surface area (Å²) in [5.74, 6) is -0.367. The van der Waals surface area contributed by atoms with Crippen molar-refractivity contribution in [3.8, 4) is 16.9 Å². The number of ether oxygens (including phenoxy) is 1. The molecule has 4 heterocycles. The van der Waals surface area contributed by atoms with Crippen LogP contribution in [0.2, 0.25) is 0 Å². The number of nitrogens with zero attached hydrogens (tertiary/aromatic N) is 6. The Morgan fingerprint density at radius 1 is 0.953 bits per heavy atom. The summed E-state index contributed by atoms with van der Waals surface area (Å²) in [6, 6.07) is 11.3. The lowest BCUT2D eigenvalue weighted by atomic mass is 9.97. The van der Waals surface area contributed by atoms with Gasteiger partial charge in [0.25, 0.3) is 0 Å². The zero-order chi connectivity index (χ0) is 30.0. The van der Waals surface area contributed by atoms with E-state index in [1.807, 2.05) is 43.6 Å². The summed E-state index contributed by atoms with van der Waals surface area (Å²) in [7, 11) is 0. The maximum Gasteiger partial charge on any atom is 0.416 e. The minimum atomic E-state index is -4.53. The van der Waals surface area contributed by atoms with Crippen molar-refractivity contribution in [2.24, 2.45) is 0 Å². The third kappa shape index (κ3) is 6.78. The number of carbonyl (C=O) groups excluding carboxylic acids is 1. The highest BCUT2D eigenvalue weighted by atomic mass is 19.4. The lowest BCUT2D eigenvalue weighted by Gasteiger charge is -2.28. The molecule has 43 heavy (non-hydrogen) atoms. The summed E-state index contributed by atoms with van der Waals surface area (Å²) in [6.45, 7) is 6.97. The molecular formula is C32H33F3N6O2. The smallest absolute Gasteiger partial charge is 0.378 e. The van der Waals surface area contributed by atoms with Gasteiger partial charge in [0, 0.05) is 43.4 Å². The van der Waals surface area contributed by atoms with Gasteiger partial charge >= 0.3 is 6.18 Å². The first-order valence-corrected chi connectivity index (χ1v) is 14.5. The molecule has 0 spiro atoms. The number of hydrogen-bond donors (Lipinski definition) is 0. The highest BCUT2D eigenvalue weighted by Crippen LogP contribution is 2.32. The fourth-order valence-corrected chi connectivity index (χ4v) is 5.68. The molecule has 0 saturated carbocycles. The Labute approximate surface area is 248 Å². The Bertz CT molecular complexity index is 1610. The summed E-state index contributed by atoms with van der Waals surface area (Å²) >= 11 is 0. The van der Waals surface area contributed by atoms with Gasteiger partial charge in [-0.15, -0.1) is 5.10 Å². The van der Waals surface area contributed by atoms with Gasteiger partial charge in [-0.3, -0.25) is 14.7 Å². The number of rotatable bonds is 8. The maximum atomic E-state index is 13.7. The first-order valence-electron chi connectivity index (χ1n) is 14.5. The summed E-state index contributed by atoms with van der Waals surface area (Å²) < 4.78 is 48.3. The molecule has 0 aliphatic carbocycles. The molecule has 8 nitrogen and oxygen atoms in total. The van der Waals surface area contributed by atoms with E-state index in [1.54, 1.807) is 16.9 Å². The van der Waals surface area contributed by atoms with Gasteiger partial charge in [-0.2, -0.15) is 13.2 Å². The predicted octanol–water partition coefficient (Wildman–Crippen LogP) is 5.51. The fraction of sp³-hybridized carbons (Fsp3) is 0.375. The molecule has 6 rings (SSSR count). The SMILES string of the molecule is Cc1ccc(CC(=O)c2cc(CN3CCCC3)cc(C(F)(F)F)c2)cc1-n1cc(-c2cncc(N3CCOCC3)c2)nn1. The highest BCUT2D eigenvalue weighted by molar-refractivity contribution is 5.98. The number of carbonyl (C=O) groups is 1. The van der Waals surface area contributed by atoms with Crippen molar-refractivity contribution in [3.05, 3.63) is 88.9 Å². The molecule has 2 aromatic heterocycles.